The van der Waals surface area contributed by atoms with Gasteiger partial charge >= 0.3 is 0 Å². The summed E-state index contributed by atoms with van der Waals surface area (Å²) in [7, 11) is 0. The molecule has 3 aromatic rings. The average Bonchev–Trinajstić information content (AvgIpc) is 2.97. The van der Waals surface area contributed by atoms with Crippen LogP contribution in [-0.4, -0.2) is 9.55 Å². The van der Waals surface area contributed by atoms with Gasteiger partial charge in [0.15, 0.2) is 0 Å². The molecule has 0 atom stereocenters. The molecule has 0 spiro atoms. The Bertz CT molecular complexity index is 851. The van der Waals surface area contributed by atoms with Gasteiger partial charge < -0.3 is 4.57 Å². The van der Waals surface area contributed by atoms with Crippen LogP contribution < -0.4 is 0 Å². The van der Waals surface area contributed by atoms with Crippen LogP contribution in [0.15, 0.2) is 61.1 Å². The molecule has 3 rings (SSSR count). The Labute approximate surface area is 141 Å². The molecule has 0 aliphatic heterocycles. The topological polar surface area (TPSA) is 17.8 Å². The predicted molar refractivity (Wildman–Crippen MR) is 94.6 cm³/mol. The van der Waals surface area contributed by atoms with E-state index < -0.39 is 0 Å². The number of hydrogen-bond acceptors (Lipinski definition) is 1. The highest BCUT2D eigenvalue weighted by Gasteiger charge is 2.02. The Hall–Kier alpha value is -2.50. The summed E-state index contributed by atoms with van der Waals surface area (Å²) < 4.78 is 2.09. The smallest absolute Gasteiger partial charge is 0.0952 e. The van der Waals surface area contributed by atoms with Gasteiger partial charge in [0.05, 0.1) is 12.0 Å². The molecule has 0 aliphatic rings. The summed E-state index contributed by atoms with van der Waals surface area (Å²) in [6, 6.07) is 16.2. The number of halogens is 1. The molecule has 3 heteroatoms. The van der Waals surface area contributed by atoms with Gasteiger partial charge in [0.2, 0.25) is 0 Å². The van der Waals surface area contributed by atoms with Crippen LogP contribution in [0.25, 0.3) is 0 Å². The normalized spacial score (nSPS) is 10.2. The van der Waals surface area contributed by atoms with E-state index in [1.807, 2.05) is 49.6 Å². The van der Waals surface area contributed by atoms with E-state index in [4.69, 9.17) is 11.6 Å². The molecule has 0 saturated heterocycles. The zero-order valence-electron chi connectivity index (χ0n) is 13.0. The largest absolute Gasteiger partial charge is 0.333 e. The quantitative estimate of drug-likeness (QED) is 0.645. The maximum Gasteiger partial charge on any atom is 0.0952 e. The molecular formula is C20H17ClN2. The Morgan fingerprint density at radius 3 is 2.70 bits per heavy atom. The molecule has 114 valence electrons. The van der Waals surface area contributed by atoms with E-state index in [9.17, 15) is 0 Å². The fraction of sp³-hybridized carbons (Fsp3) is 0.150. The third kappa shape index (κ3) is 4.25. The number of hydrogen-bond donors (Lipinski definition) is 0. The van der Waals surface area contributed by atoms with Crippen molar-refractivity contribution in [3.05, 3.63) is 88.5 Å². The van der Waals surface area contributed by atoms with Crippen molar-refractivity contribution >= 4 is 11.6 Å². The lowest BCUT2D eigenvalue weighted by atomic mass is 10.1. The Morgan fingerprint density at radius 1 is 1.09 bits per heavy atom. The lowest BCUT2D eigenvalue weighted by molar-refractivity contribution is 0.796. The molecule has 0 amide bonds. The van der Waals surface area contributed by atoms with Crippen molar-refractivity contribution in [1.82, 2.24) is 9.55 Å². The molecule has 0 radical (unpaired) electrons. The predicted octanol–water partition coefficient (Wildman–Crippen LogP) is 4.55. The van der Waals surface area contributed by atoms with Crippen molar-refractivity contribution in [3.8, 4) is 11.8 Å². The zero-order valence-corrected chi connectivity index (χ0v) is 13.7. The van der Waals surface area contributed by atoms with E-state index in [0.29, 0.717) is 0 Å². The first kappa shape index (κ1) is 15.4. The third-order valence-corrected chi connectivity index (χ3v) is 3.80. The van der Waals surface area contributed by atoms with Gasteiger partial charge in [-0.3, -0.25) is 0 Å². The van der Waals surface area contributed by atoms with Crippen molar-refractivity contribution in [2.24, 2.45) is 0 Å². The molecule has 1 heterocycles. The first-order valence-corrected chi connectivity index (χ1v) is 7.87. The molecule has 0 saturated carbocycles. The molecule has 2 nitrogen and oxygen atoms in total. The molecule has 0 fully saturated rings. The lowest BCUT2D eigenvalue weighted by Crippen LogP contribution is -1.96. The minimum absolute atomic E-state index is 0.759. The molecule has 0 bridgehead atoms. The van der Waals surface area contributed by atoms with Crippen molar-refractivity contribution in [3.63, 3.8) is 0 Å². The number of aromatic nitrogens is 2. The molecule has 0 N–H and O–H groups in total. The monoisotopic (exact) mass is 320 g/mol. The minimum atomic E-state index is 0.759. The number of nitrogens with zero attached hydrogens (tertiary/aromatic N) is 2. The fourth-order valence-corrected chi connectivity index (χ4v) is 2.62. The first-order chi connectivity index (χ1) is 11.2. The second kappa shape index (κ2) is 7.17. The van der Waals surface area contributed by atoms with Gasteiger partial charge in [-0.2, -0.15) is 0 Å². The summed E-state index contributed by atoms with van der Waals surface area (Å²) in [5.74, 6) is 6.02. The third-order valence-electron chi connectivity index (χ3n) is 3.55. The van der Waals surface area contributed by atoms with E-state index in [2.05, 4.69) is 39.7 Å². The Balaban J connectivity index is 1.70. The van der Waals surface area contributed by atoms with Gasteiger partial charge in [0, 0.05) is 29.7 Å². The molecule has 2 aromatic carbocycles. The summed E-state index contributed by atoms with van der Waals surface area (Å²) in [6.07, 6.45) is 4.78. The fourth-order valence-electron chi connectivity index (χ4n) is 2.50. The van der Waals surface area contributed by atoms with Crippen molar-refractivity contribution < 1.29 is 0 Å². The summed E-state index contributed by atoms with van der Waals surface area (Å²) in [6.45, 7) is 2.65. The Kier molecular flexibility index (Phi) is 4.80. The average molecular weight is 321 g/mol. The van der Waals surface area contributed by atoms with E-state index >= 15 is 0 Å². The minimum Gasteiger partial charge on any atom is -0.333 e. The number of benzene rings is 2. The maximum absolute atomic E-state index is 5.92. The summed E-state index contributed by atoms with van der Waals surface area (Å²) >= 11 is 5.92. The standard InChI is InChI=1S/C20H17ClN2/c1-2-4-16-5-3-6-18(11-16)12-20-14-23(15-22-20)13-17-7-9-19(21)10-8-17/h3,5-11,14-15H,12-13H2,1H3. The Morgan fingerprint density at radius 2 is 1.91 bits per heavy atom. The zero-order chi connectivity index (χ0) is 16.1. The van der Waals surface area contributed by atoms with Crippen LogP contribution in [0.2, 0.25) is 5.02 Å². The molecule has 1 aromatic heterocycles. The van der Waals surface area contributed by atoms with Crippen molar-refractivity contribution in [2.45, 2.75) is 19.9 Å². The molecular weight excluding hydrogens is 304 g/mol. The SMILES string of the molecule is CC#Cc1cccc(Cc2cn(Cc3ccc(Cl)cc3)cn2)c1. The van der Waals surface area contributed by atoms with E-state index in [1.165, 1.54) is 11.1 Å². The lowest BCUT2D eigenvalue weighted by Gasteiger charge is -2.02. The number of rotatable bonds is 4. The van der Waals surface area contributed by atoms with Crippen molar-refractivity contribution in [1.29, 1.82) is 0 Å². The van der Waals surface area contributed by atoms with Crippen LogP contribution in [0.4, 0.5) is 0 Å². The highest BCUT2D eigenvalue weighted by Crippen LogP contribution is 2.13. The van der Waals surface area contributed by atoms with Crippen LogP contribution in [-0.2, 0) is 13.0 Å². The van der Waals surface area contributed by atoms with Crippen LogP contribution in [0.5, 0.6) is 0 Å². The second-order valence-electron chi connectivity index (χ2n) is 5.42. The van der Waals surface area contributed by atoms with Gasteiger partial charge in [0.1, 0.15) is 0 Å². The van der Waals surface area contributed by atoms with Gasteiger partial charge in [0.25, 0.3) is 0 Å². The maximum atomic E-state index is 5.92. The highest BCUT2D eigenvalue weighted by atomic mass is 35.5. The van der Waals surface area contributed by atoms with E-state index in [-0.39, 0.29) is 0 Å². The van der Waals surface area contributed by atoms with Gasteiger partial charge in [-0.05, 0) is 42.3 Å². The first-order valence-electron chi connectivity index (χ1n) is 7.50. The number of imidazole rings is 1. The van der Waals surface area contributed by atoms with Crippen molar-refractivity contribution in [2.75, 3.05) is 0 Å². The molecule has 0 unspecified atom stereocenters. The van der Waals surface area contributed by atoms with Crippen LogP contribution in [0.1, 0.15) is 29.3 Å². The van der Waals surface area contributed by atoms with Gasteiger partial charge in [-0.25, -0.2) is 4.98 Å². The molecule has 23 heavy (non-hydrogen) atoms. The van der Waals surface area contributed by atoms with Crippen LogP contribution in [0, 0.1) is 11.8 Å². The highest BCUT2D eigenvalue weighted by molar-refractivity contribution is 6.30. The second-order valence-corrected chi connectivity index (χ2v) is 5.85. The molecule has 0 aliphatic carbocycles. The van der Waals surface area contributed by atoms with Crippen LogP contribution >= 0.6 is 11.6 Å². The van der Waals surface area contributed by atoms with Gasteiger partial charge in [-0.15, -0.1) is 5.92 Å². The van der Waals surface area contributed by atoms with E-state index in [1.54, 1.807) is 0 Å². The summed E-state index contributed by atoms with van der Waals surface area (Å²) in [4.78, 5) is 4.50. The van der Waals surface area contributed by atoms with Gasteiger partial charge in [-0.1, -0.05) is 41.8 Å². The summed E-state index contributed by atoms with van der Waals surface area (Å²) in [5.41, 5.74) is 4.53. The van der Waals surface area contributed by atoms with E-state index in [0.717, 1.165) is 29.2 Å². The summed E-state index contributed by atoms with van der Waals surface area (Å²) in [5, 5.41) is 0.759. The van der Waals surface area contributed by atoms with Crippen LogP contribution in [0.3, 0.4) is 0 Å².